The highest BCUT2D eigenvalue weighted by Gasteiger charge is 2.27. The molecule has 0 spiro atoms. The fourth-order valence-corrected chi connectivity index (χ4v) is 1.91. The first kappa shape index (κ1) is 12.3. The van der Waals surface area contributed by atoms with Gasteiger partial charge in [-0.15, -0.1) is 0 Å². The molecule has 1 aromatic heterocycles. The third kappa shape index (κ3) is 2.26. The number of rotatable bonds is 1. The van der Waals surface area contributed by atoms with Gasteiger partial charge in [-0.05, 0) is 6.07 Å². The van der Waals surface area contributed by atoms with Crippen LogP contribution < -0.4 is 10.9 Å². The van der Waals surface area contributed by atoms with E-state index in [0.29, 0.717) is 25.2 Å². The number of amides is 1. The van der Waals surface area contributed by atoms with Crippen LogP contribution in [0.5, 0.6) is 0 Å². The molecule has 0 aromatic carbocycles. The number of piperazine rings is 1. The van der Waals surface area contributed by atoms with E-state index < -0.39 is 6.04 Å². The van der Waals surface area contributed by atoms with Gasteiger partial charge in [-0.2, -0.15) is 5.26 Å². The minimum absolute atomic E-state index is 0.232. The van der Waals surface area contributed by atoms with Crippen LogP contribution in [-0.4, -0.2) is 41.1 Å². The van der Waals surface area contributed by atoms with Gasteiger partial charge in [-0.3, -0.25) is 9.59 Å². The molecule has 1 N–H and O–H groups in total. The molecular weight excluding hydrogens is 232 g/mol. The maximum Gasteiger partial charge on any atom is 0.255 e. The number of aromatic nitrogens is 1. The highest BCUT2D eigenvalue weighted by Crippen LogP contribution is 2.08. The first-order valence-corrected chi connectivity index (χ1v) is 5.71. The molecule has 0 bridgehead atoms. The van der Waals surface area contributed by atoms with E-state index in [1.165, 1.54) is 15.5 Å². The van der Waals surface area contributed by atoms with Gasteiger partial charge >= 0.3 is 0 Å². The number of carbonyl (C=O) groups excluding carboxylic acids is 1. The van der Waals surface area contributed by atoms with Crippen LogP contribution in [0, 0.1) is 11.3 Å². The Morgan fingerprint density at radius 1 is 1.61 bits per heavy atom. The average molecular weight is 246 g/mol. The molecule has 1 aliphatic rings. The van der Waals surface area contributed by atoms with Gasteiger partial charge in [0.1, 0.15) is 6.04 Å². The predicted molar refractivity (Wildman–Crippen MR) is 65.0 cm³/mol. The maximum absolute atomic E-state index is 12.2. The zero-order valence-electron chi connectivity index (χ0n) is 10.1. The molecule has 1 aliphatic heterocycles. The minimum atomic E-state index is -0.477. The van der Waals surface area contributed by atoms with Crippen molar-refractivity contribution < 1.29 is 4.79 Å². The maximum atomic E-state index is 12.2. The van der Waals surface area contributed by atoms with Crippen LogP contribution in [0.1, 0.15) is 10.4 Å². The lowest BCUT2D eigenvalue weighted by molar-refractivity contribution is 0.0687. The molecule has 18 heavy (non-hydrogen) atoms. The minimum Gasteiger partial charge on any atom is -0.320 e. The van der Waals surface area contributed by atoms with Crippen LogP contribution in [0.4, 0.5) is 0 Å². The van der Waals surface area contributed by atoms with Crippen molar-refractivity contribution in [1.29, 1.82) is 5.26 Å². The second kappa shape index (κ2) is 5.02. The summed E-state index contributed by atoms with van der Waals surface area (Å²) in [6, 6.07) is 4.52. The summed E-state index contributed by atoms with van der Waals surface area (Å²) in [6.45, 7) is 1.61. The SMILES string of the molecule is Cn1ccc(C(=O)N2CCNCC2C#N)cc1=O. The fraction of sp³-hybridized carbons (Fsp3) is 0.417. The van der Waals surface area contributed by atoms with Crippen LogP contribution in [0.2, 0.25) is 0 Å². The van der Waals surface area contributed by atoms with E-state index in [2.05, 4.69) is 11.4 Å². The molecule has 1 saturated heterocycles. The predicted octanol–water partition coefficient (Wildman–Crippen LogP) is -0.677. The van der Waals surface area contributed by atoms with Crippen molar-refractivity contribution in [3.05, 3.63) is 34.2 Å². The zero-order valence-corrected chi connectivity index (χ0v) is 10.1. The molecule has 0 aliphatic carbocycles. The summed E-state index contributed by atoms with van der Waals surface area (Å²) in [4.78, 5) is 25.2. The number of nitriles is 1. The Morgan fingerprint density at radius 3 is 3.06 bits per heavy atom. The summed E-state index contributed by atoms with van der Waals surface area (Å²) in [6.07, 6.45) is 1.55. The molecule has 2 rings (SSSR count). The lowest BCUT2D eigenvalue weighted by atomic mass is 10.1. The third-order valence-corrected chi connectivity index (χ3v) is 3.00. The number of hydrogen-bond acceptors (Lipinski definition) is 4. The first-order chi connectivity index (χ1) is 8.63. The summed E-state index contributed by atoms with van der Waals surface area (Å²) in [5.41, 5.74) is 0.102. The van der Waals surface area contributed by atoms with E-state index in [-0.39, 0.29) is 11.5 Å². The Hall–Kier alpha value is -2.13. The number of aryl methyl sites for hydroxylation is 1. The zero-order chi connectivity index (χ0) is 13.1. The van der Waals surface area contributed by atoms with Crippen molar-refractivity contribution >= 4 is 5.91 Å². The molecule has 0 saturated carbocycles. The third-order valence-electron chi connectivity index (χ3n) is 3.00. The van der Waals surface area contributed by atoms with Crippen LogP contribution in [0.25, 0.3) is 0 Å². The molecule has 1 unspecified atom stereocenters. The van der Waals surface area contributed by atoms with Crippen LogP contribution in [-0.2, 0) is 7.05 Å². The van der Waals surface area contributed by atoms with Gasteiger partial charge in [0.25, 0.3) is 11.5 Å². The molecule has 0 radical (unpaired) electrons. The van der Waals surface area contributed by atoms with Crippen LogP contribution in [0.3, 0.4) is 0 Å². The van der Waals surface area contributed by atoms with Gasteiger partial charge in [0.05, 0.1) is 6.07 Å². The number of carbonyl (C=O) groups is 1. The lowest BCUT2D eigenvalue weighted by Gasteiger charge is -2.32. The molecular formula is C12H14N4O2. The number of nitrogens with zero attached hydrogens (tertiary/aromatic N) is 3. The Labute approximate surface area is 104 Å². The standard InChI is InChI=1S/C12H14N4O2/c1-15-4-2-9(6-11(15)17)12(18)16-5-3-14-8-10(16)7-13/h2,4,6,10,14H,3,5,8H2,1H3. The number of hydrogen-bond donors (Lipinski definition) is 1. The van der Waals surface area contributed by atoms with Crippen LogP contribution in [0.15, 0.2) is 23.1 Å². The summed E-state index contributed by atoms with van der Waals surface area (Å²) >= 11 is 0. The van der Waals surface area contributed by atoms with E-state index in [1.54, 1.807) is 19.3 Å². The summed E-state index contributed by atoms with van der Waals surface area (Å²) < 4.78 is 1.40. The van der Waals surface area contributed by atoms with Gasteiger partial charge in [-0.25, -0.2) is 0 Å². The largest absolute Gasteiger partial charge is 0.320 e. The molecule has 2 heterocycles. The van der Waals surface area contributed by atoms with Crippen molar-refractivity contribution in [1.82, 2.24) is 14.8 Å². The molecule has 94 valence electrons. The smallest absolute Gasteiger partial charge is 0.255 e. The normalized spacial score (nSPS) is 19.3. The highest BCUT2D eigenvalue weighted by atomic mass is 16.2. The first-order valence-electron chi connectivity index (χ1n) is 5.71. The number of pyridine rings is 1. The van der Waals surface area contributed by atoms with Crippen molar-refractivity contribution in [3.8, 4) is 6.07 Å². The molecule has 1 amide bonds. The average Bonchev–Trinajstić information content (AvgIpc) is 2.41. The van der Waals surface area contributed by atoms with E-state index >= 15 is 0 Å². The van der Waals surface area contributed by atoms with Crippen LogP contribution >= 0.6 is 0 Å². The Kier molecular flexibility index (Phi) is 3.44. The van der Waals surface area contributed by atoms with E-state index in [9.17, 15) is 9.59 Å². The Balaban J connectivity index is 2.27. The van der Waals surface area contributed by atoms with Gasteiger partial charge in [-0.1, -0.05) is 0 Å². The van der Waals surface area contributed by atoms with E-state index in [0.717, 1.165) is 0 Å². The summed E-state index contributed by atoms with van der Waals surface area (Å²) in [5.74, 6) is -0.263. The van der Waals surface area contributed by atoms with Crippen molar-refractivity contribution in [2.24, 2.45) is 7.05 Å². The summed E-state index contributed by atoms with van der Waals surface area (Å²) in [7, 11) is 1.62. The Morgan fingerprint density at radius 2 is 2.39 bits per heavy atom. The van der Waals surface area contributed by atoms with Crippen molar-refractivity contribution in [2.75, 3.05) is 19.6 Å². The second-order valence-corrected chi connectivity index (χ2v) is 4.21. The lowest BCUT2D eigenvalue weighted by Crippen LogP contribution is -2.53. The quantitative estimate of drug-likeness (QED) is 0.712. The fourth-order valence-electron chi connectivity index (χ4n) is 1.91. The Bertz CT molecular complexity index is 558. The molecule has 1 atom stereocenters. The van der Waals surface area contributed by atoms with Gasteiger partial charge < -0.3 is 14.8 Å². The van der Waals surface area contributed by atoms with E-state index in [4.69, 9.17) is 5.26 Å². The second-order valence-electron chi connectivity index (χ2n) is 4.21. The van der Waals surface area contributed by atoms with Crippen molar-refractivity contribution in [3.63, 3.8) is 0 Å². The molecule has 1 fully saturated rings. The molecule has 6 heteroatoms. The monoisotopic (exact) mass is 246 g/mol. The topological polar surface area (TPSA) is 78.1 Å². The summed E-state index contributed by atoms with van der Waals surface area (Å²) in [5, 5.41) is 12.1. The van der Waals surface area contributed by atoms with Gasteiger partial charge in [0.2, 0.25) is 0 Å². The molecule has 6 nitrogen and oxygen atoms in total. The van der Waals surface area contributed by atoms with Gasteiger partial charge in [0.15, 0.2) is 0 Å². The van der Waals surface area contributed by atoms with Crippen molar-refractivity contribution in [2.45, 2.75) is 6.04 Å². The number of nitrogens with one attached hydrogen (secondary N) is 1. The van der Waals surface area contributed by atoms with Gasteiger partial charge in [0, 0.05) is 44.5 Å². The van der Waals surface area contributed by atoms with E-state index in [1.807, 2.05) is 0 Å². The molecule has 1 aromatic rings. The highest BCUT2D eigenvalue weighted by molar-refractivity contribution is 5.94.